The van der Waals surface area contributed by atoms with Gasteiger partial charge in [-0.25, -0.2) is 0 Å². The van der Waals surface area contributed by atoms with Crippen LogP contribution in [0.2, 0.25) is 0 Å². The van der Waals surface area contributed by atoms with Gasteiger partial charge in [0.25, 0.3) is 0 Å². The first-order valence-corrected chi connectivity index (χ1v) is 11.7. The minimum atomic E-state index is -3.12. The van der Waals surface area contributed by atoms with Crippen molar-refractivity contribution in [2.75, 3.05) is 0 Å². The van der Waals surface area contributed by atoms with Crippen LogP contribution in [0.15, 0.2) is 72.8 Å². The van der Waals surface area contributed by atoms with Crippen LogP contribution in [0.1, 0.15) is 16.7 Å². The fourth-order valence-corrected chi connectivity index (χ4v) is 5.34. The van der Waals surface area contributed by atoms with Gasteiger partial charge in [0, 0.05) is 0 Å². The van der Waals surface area contributed by atoms with Crippen LogP contribution in [0, 0.1) is 20.8 Å². The van der Waals surface area contributed by atoms with Gasteiger partial charge >= 0.3 is 158 Å². The third kappa shape index (κ3) is 5.43. The fourth-order valence-electron chi connectivity index (χ4n) is 2.17. The minimum absolute atomic E-state index is 0.777. The Morgan fingerprint density at radius 1 is 0.440 bits per heavy atom. The summed E-state index contributed by atoms with van der Waals surface area (Å²) in [5.74, 6) is 2.33. The first kappa shape index (κ1) is 17.7. The Bertz CT molecular complexity index is 683. The Balaban J connectivity index is 1.77. The molecule has 126 valence electrons. The monoisotopic (exact) mass is 441 g/mol. The average Bonchev–Trinajstić information content (AvgIpc) is 2.61. The van der Waals surface area contributed by atoms with E-state index in [1.165, 1.54) is 16.7 Å². The van der Waals surface area contributed by atoms with E-state index in [4.69, 9.17) is 9.22 Å². The van der Waals surface area contributed by atoms with Crippen molar-refractivity contribution < 1.29 is 9.22 Å². The topological polar surface area (TPSA) is 27.7 Å². The van der Waals surface area contributed by atoms with E-state index >= 15 is 0 Å². The molecule has 0 radical (unpaired) electrons. The van der Waals surface area contributed by atoms with Crippen molar-refractivity contribution >= 4 is 21.0 Å². The summed E-state index contributed by atoms with van der Waals surface area (Å²) in [5, 5.41) is 0. The molecule has 0 bridgehead atoms. The average molecular weight is 440 g/mol. The second kappa shape index (κ2) is 8.30. The Morgan fingerprint density at radius 3 is 0.920 bits per heavy atom. The zero-order valence-electron chi connectivity index (χ0n) is 14.7. The molecule has 3 aromatic carbocycles. The third-order valence-electron chi connectivity index (χ3n) is 3.67. The van der Waals surface area contributed by atoms with E-state index in [0.29, 0.717) is 0 Å². The summed E-state index contributed by atoms with van der Waals surface area (Å²) < 4.78 is 18.3. The molecule has 4 heteroatoms. The van der Waals surface area contributed by atoms with Crippen molar-refractivity contribution in [3.05, 3.63) is 89.5 Å². The van der Waals surface area contributed by atoms with Gasteiger partial charge in [0.15, 0.2) is 0 Å². The Kier molecular flexibility index (Phi) is 5.86. The second-order valence-corrected chi connectivity index (χ2v) is 9.17. The first-order chi connectivity index (χ1) is 12.1. The molecule has 0 atom stereocenters. The van der Waals surface area contributed by atoms with Crippen molar-refractivity contribution in [2.45, 2.75) is 20.8 Å². The number of hydrogen-bond donors (Lipinski definition) is 0. The van der Waals surface area contributed by atoms with Crippen molar-refractivity contribution in [1.29, 1.82) is 0 Å². The summed E-state index contributed by atoms with van der Waals surface area (Å²) in [6, 6.07) is 23.8. The summed E-state index contributed by atoms with van der Waals surface area (Å²) in [6.45, 7) is 6.15. The molecule has 0 spiro atoms. The number of benzene rings is 3. The predicted octanol–water partition coefficient (Wildman–Crippen LogP) is 5.13. The van der Waals surface area contributed by atoms with Crippen molar-refractivity contribution in [1.82, 2.24) is 0 Å². The van der Waals surface area contributed by atoms with E-state index in [0.717, 1.165) is 17.2 Å². The van der Waals surface area contributed by atoms with Gasteiger partial charge in [0.2, 0.25) is 0 Å². The van der Waals surface area contributed by atoms with Crippen molar-refractivity contribution in [2.24, 2.45) is 0 Å². The zero-order valence-corrected chi connectivity index (χ0v) is 17.5. The summed E-state index contributed by atoms with van der Waals surface area (Å²) in [6.07, 6.45) is 0. The van der Waals surface area contributed by atoms with E-state index in [9.17, 15) is 0 Å². The number of hydrogen-bond acceptors (Lipinski definition) is 3. The molecule has 25 heavy (non-hydrogen) atoms. The molecular weight excluding hydrogens is 419 g/mol. The third-order valence-corrected chi connectivity index (χ3v) is 7.11. The Labute approximate surface area is 157 Å². The molecule has 0 aliphatic heterocycles. The van der Waals surface area contributed by atoms with Gasteiger partial charge in [-0.3, -0.25) is 0 Å². The maximum absolute atomic E-state index is 6.09. The quantitative estimate of drug-likeness (QED) is 0.498. The predicted molar refractivity (Wildman–Crippen MR) is 101 cm³/mol. The molecule has 3 rings (SSSR count). The van der Waals surface area contributed by atoms with E-state index in [2.05, 4.69) is 20.8 Å². The van der Waals surface area contributed by atoms with Gasteiger partial charge in [-0.15, -0.1) is 0 Å². The van der Waals surface area contributed by atoms with Crippen LogP contribution in [0.25, 0.3) is 0 Å². The van der Waals surface area contributed by atoms with Crippen molar-refractivity contribution in [3.8, 4) is 17.2 Å². The van der Waals surface area contributed by atoms with Gasteiger partial charge in [-0.1, -0.05) is 0 Å². The van der Waals surface area contributed by atoms with Crippen LogP contribution < -0.4 is 9.22 Å². The van der Waals surface area contributed by atoms with Crippen LogP contribution in [-0.4, -0.2) is 21.0 Å². The van der Waals surface area contributed by atoms with Gasteiger partial charge in [0.05, 0.1) is 0 Å². The fraction of sp³-hybridized carbons (Fsp3) is 0.143. The SMILES string of the molecule is Cc1ccc([O][Sn+]([O]c2ccc(C)cc2)[O]c2ccc(C)cc2)cc1. The Hall–Kier alpha value is -2.14. The van der Waals surface area contributed by atoms with Crippen LogP contribution in [0.4, 0.5) is 0 Å². The molecule has 0 saturated carbocycles. The maximum atomic E-state index is 6.09. The van der Waals surface area contributed by atoms with Crippen LogP contribution >= 0.6 is 0 Å². The van der Waals surface area contributed by atoms with Crippen LogP contribution in [0.3, 0.4) is 0 Å². The Morgan fingerprint density at radius 2 is 0.680 bits per heavy atom. The molecular formula is C21H21O3Sn+. The zero-order chi connectivity index (χ0) is 17.6. The van der Waals surface area contributed by atoms with Crippen LogP contribution in [0.5, 0.6) is 17.2 Å². The summed E-state index contributed by atoms with van der Waals surface area (Å²) in [4.78, 5) is 0. The van der Waals surface area contributed by atoms with E-state index in [1.54, 1.807) is 0 Å². The molecule has 0 fully saturated rings. The molecule has 3 nitrogen and oxygen atoms in total. The molecule has 0 aromatic heterocycles. The number of aryl methyl sites for hydroxylation is 3. The van der Waals surface area contributed by atoms with Gasteiger partial charge in [-0.2, -0.15) is 0 Å². The second-order valence-electron chi connectivity index (χ2n) is 6.00. The van der Waals surface area contributed by atoms with Crippen molar-refractivity contribution in [3.63, 3.8) is 0 Å². The van der Waals surface area contributed by atoms with E-state index in [-0.39, 0.29) is 0 Å². The summed E-state index contributed by atoms with van der Waals surface area (Å²) in [5.41, 5.74) is 3.57. The molecule has 0 aliphatic rings. The standard InChI is InChI=1S/3C7H8O.Sn/c3*1-6-2-4-7(8)5-3-6;/h3*2-5,8H,1H3;/q;;;+4/p-3. The van der Waals surface area contributed by atoms with E-state index in [1.807, 2.05) is 72.8 Å². The normalized spacial score (nSPS) is 10.2. The molecule has 0 unspecified atom stereocenters. The molecule has 0 amide bonds. The van der Waals surface area contributed by atoms with Crippen LogP contribution in [-0.2, 0) is 0 Å². The molecule has 0 aliphatic carbocycles. The molecule has 0 saturated heterocycles. The van der Waals surface area contributed by atoms with Gasteiger partial charge < -0.3 is 0 Å². The molecule has 0 N–H and O–H groups in total. The molecule has 3 aromatic rings. The van der Waals surface area contributed by atoms with Gasteiger partial charge in [-0.05, 0) is 0 Å². The summed E-state index contributed by atoms with van der Waals surface area (Å²) >= 11 is -3.12. The summed E-state index contributed by atoms with van der Waals surface area (Å²) in [7, 11) is 0. The van der Waals surface area contributed by atoms with Gasteiger partial charge in [0.1, 0.15) is 0 Å². The van der Waals surface area contributed by atoms with E-state index < -0.39 is 21.0 Å². The molecule has 0 heterocycles. The number of rotatable bonds is 6. The first-order valence-electron chi connectivity index (χ1n) is 8.19.